The maximum absolute atomic E-state index is 12.3. The Labute approximate surface area is 141 Å². The highest BCUT2D eigenvalue weighted by Crippen LogP contribution is 2.05. The third-order valence-corrected chi connectivity index (χ3v) is 3.50. The van der Waals surface area contributed by atoms with Crippen molar-refractivity contribution in [1.82, 2.24) is 10.6 Å². The molecule has 0 bridgehead atoms. The van der Waals surface area contributed by atoms with E-state index in [4.69, 9.17) is 10.5 Å². The summed E-state index contributed by atoms with van der Waals surface area (Å²) in [7, 11) is 0. The summed E-state index contributed by atoms with van der Waals surface area (Å²) in [6, 6.07) is 7.64. The van der Waals surface area contributed by atoms with E-state index in [1.165, 1.54) is 0 Å². The van der Waals surface area contributed by atoms with E-state index in [1.807, 2.05) is 30.3 Å². The largest absolute Gasteiger partial charge is 0.445 e. The fourth-order valence-corrected chi connectivity index (χ4v) is 2.06. The number of rotatable bonds is 8. The molecule has 0 aliphatic carbocycles. The fourth-order valence-electron chi connectivity index (χ4n) is 2.06. The van der Waals surface area contributed by atoms with Gasteiger partial charge in [0.05, 0.1) is 0 Å². The molecule has 1 aromatic carbocycles. The lowest BCUT2D eigenvalue weighted by atomic mass is 10.0. The normalized spacial score (nSPS) is 13.0. The quantitative estimate of drug-likeness (QED) is 0.665. The van der Waals surface area contributed by atoms with Gasteiger partial charge in [-0.3, -0.25) is 9.59 Å². The van der Waals surface area contributed by atoms with Gasteiger partial charge < -0.3 is 21.1 Å². The number of nitrogens with one attached hydrogen (secondary N) is 2. The van der Waals surface area contributed by atoms with E-state index in [-0.39, 0.29) is 12.5 Å². The molecule has 132 valence electrons. The standard InChI is InChI=1S/C17H25N3O4/c1-4-13(15(18)21)19-16(22)14(11(2)3)20-17(23)24-10-12-8-6-5-7-9-12/h5-9,11,13-14H,4,10H2,1-3H3,(H2,18,21)(H,19,22)(H,20,23)/t13-,14+/m0/s1. The van der Waals surface area contributed by atoms with Crippen LogP contribution in [0.5, 0.6) is 0 Å². The Morgan fingerprint density at radius 1 is 1.12 bits per heavy atom. The van der Waals surface area contributed by atoms with Crippen LogP contribution in [0.15, 0.2) is 30.3 Å². The highest BCUT2D eigenvalue weighted by atomic mass is 16.5. The van der Waals surface area contributed by atoms with Crippen LogP contribution in [0.2, 0.25) is 0 Å². The summed E-state index contributed by atoms with van der Waals surface area (Å²) in [5.41, 5.74) is 6.06. The predicted octanol–water partition coefficient (Wildman–Crippen LogP) is 1.32. The summed E-state index contributed by atoms with van der Waals surface area (Å²) in [5, 5.41) is 5.07. The topological polar surface area (TPSA) is 111 Å². The Morgan fingerprint density at radius 3 is 2.25 bits per heavy atom. The molecule has 4 N–H and O–H groups in total. The third-order valence-electron chi connectivity index (χ3n) is 3.50. The van der Waals surface area contributed by atoms with Gasteiger partial charge in [0.25, 0.3) is 0 Å². The van der Waals surface area contributed by atoms with Crippen LogP contribution in [-0.2, 0) is 20.9 Å². The number of hydrogen-bond donors (Lipinski definition) is 3. The Balaban J connectivity index is 2.59. The molecule has 24 heavy (non-hydrogen) atoms. The predicted molar refractivity (Wildman–Crippen MR) is 89.8 cm³/mol. The summed E-state index contributed by atoms with van der Waals surface area (Å²) in [5.74, 6) is -1.26. The number of carbonyl (C=O) groups excluding carboxylic acids is 3. The first-order valence-corrected chi connectivity index (χ1v) is 7.92. The summed E-state index contributed by atoms with van der Waals surface area (Å²) in [6.07, 6.45) is -0.315. The number of alkyl carbamates (subject to hydrolysis) is 1. The lowest BCUT2D eigenvalue weighted by Gasteiger charge is -2.23. The van der Waals surface area contributed by atoms with Gasteiger partial charge >= 0.3 is 6.09 Å². The van der Waals surface area contributed by atoms with E-state index >= 15 is 0 Å². The van der Waals surface area contributed by atoms with E-state index in [9.17, 15) is 14.4 Å². The summed E-state index contributed by atoms with van der Waals surface area (Å²) >= 11 is 0. The van der Waals surface area contributed by atoms with Gasteiger partial charge in [-0.15, -0.1) is 0 Å². The lowest BCUT2D eigenvalue weighted by molar-refractivity contribution is -0.129. The molecule has 3 amide bonds. The number of nitrogens with two attached hydrogens (primary N) is 1. The second kappa shape index (κ2) is 9.54. The molecular weight excluding hydrogens is 310 g/mol. The molecule has 0 fully saturated rings. The highest BCUT2D eigenvalue weighted by Gasteiger charge is 2.27. The van der Waals surface area contributed by atoms with Crippen LogP contribution < -0.4 is 16.4 Å². The molecule has 0 spiro atoms. The van der Waals surface area contributed by atoms with Crippen LogP contribution >= 0.6 is 0 Å². The van der Waals surface area contributed by atoms with Crippen molar-refractivity contribution in [2.75, 3.05) is 0 Å². The zero-order chi connectivity index (χ0) is 18.1. The van der Waals surface area contributed by atoms with Crippen LogP contribution in [0.3, 0.4) is 0 Å². The smallest absolute Gasteiger partial charge is 0.408 e. The average molecular weight is 335 g/mol. The molecule has 0 radical (unpaired) electrons. The van der Waals surface area contributed by atoms with Crippen LogP contribution in [0.1, 0.15) is 32.8 Å². The molecule has 7 heteroatoms. The van der Waals surface area contributed by atoms with Gasteiger partial charge in [0.2, 0.25) is 11.8 Å². The molecule has 0 saturated heterocycles. The Morgan fingerprint density at radius 2 is 1.75 bits per heavy atom. The molecule has 0 aromatic heterocycles. The highest BCUT2D eigenvalue weighted by molar-refractivity contribution is 5.90. The molecular formula is C17H25N3O4. The summed E-state index contributed by atoms with van der Waals surface area (Å²) < 4.78 is 5.12. The van der Waals surface area contributed by atoms with Gasteiger partial charge in [0.15, 0.2) is 0 Å². The van der Waals surface area contributed by atoms with Crippen molar-refractivity contribution in [1.29, 1.82) is 0 Å². The van der Waals surface area contributed by atoms with Crippen LogP contribution in [0.25, 0.3) is 0 Å². The zero-order valence-electron chi connectivity index (χ0n) is 14.2. The average Bonchev–Trinajstić information content (AvgIpc) is 2.55. The molecule has 1 rings (SSSR count). The van der Waals surface area contributed by atoms with Gasteiger partial charge in [-0.1, -0.05) is 51.1 Å². The number of ether oxygens (including phenoxy) is 1. The second-order valence-electron chi connectivity index (χ2n) is 5.80. The molecule has 2 atom stereocenters. The molecule has 7 nitrogen and oxygen atoms in total. The van der Waals surface area contributed by atoms with E-state index < -0.39 is 30.0 Å². The van der Waals surface area contributed by atoms with E-state index in [0.717, 1.165) is 5.56 Å². The number of hydrogen-bond acceptors (Lipinski definition) is 4. The van der Waals surface area contributed by atoms with Gasteiger partial charge in [-0.25, -0.2) is 4.79 Å². The van der Waals surface area contributed by atoms with E-state index in [1.54, 1.807) is 20.8 Å². The van der Waals surface area contributed by atoms with Gasteiger partial charge in [0.1, 0.15) is 18.7 Å². The number of carbonyl (C=O) groups is 3. The fraction of sp³-hybridized carbons (Fsp3) is 0.471. The SMILES string of the molecule is CC[C@H](NC(=O)[C@H](NC(=O)OCc1ccccc1)C(C)C)C(N)=O. The molecule has 0 heterocycles. The van der Waals surface area contributed by atoms with Crippen molar-refractivity contribution < 1.29 is 19.1 Å². The summed E-state index contributed by atoms with van der Waals surface area (Å²) in [6.45, 7) is 5.42. The Kier molecular flexibility index (Phi) is 7.74. The van der Waals surface area contributed by atoms with Crippen molar-refractivity contribution in [2.24, 2.45) is 11.7 Å². The van der Waals surface area contributed by atoms with Gasteiger partial charge in [-0.05, 0) is 17.9 Å². The number of benzene rings is 1. The number of amides is 3. The third kappa shape index (κ3) is 6.28. The Hall–Kier alpha value is -2.57. The second-order valence-corrected chi connectivity index (χ2v) is 5.80. The lowest BCUT2D eigenvalue weighted by Crippen LogP contribution is -2.54. The first kappa shape index (κ1) is 19.5. The molecule has 1 aromatic rings. The van der Waals surface area contributed by atoms with Crippen molar-refractivity contribution in [3.05, 3.63) is 35.9 Å². The number of primary amides is 1. The maximum Gasteiger partial charge on any atom is 0.408 e. The van der Waals surface area contributed by atoms with Crippen molar-refractivity contribution in [3.63, 3.8) is 0 Å². The van der Waals surface area contributed by atoms with Crippen LogP contribution in [-0.4, -0.2) is 30.0 Å². The van der Waals surface area contributed by atoms with E-state index in [2.05, 4.69) is 10.6 Å². The first-order chi connectivity index (χ1) is 11.3. The van der Waals surface area contributed by atoms with Crippen molar-refractivity contribution in [2.45, 2.75) is 45.9 Å². The minimum atomic E-state index is -0.818. The molecule has 0 aliphatic rings. The van der Waals surface area contributed by atoms with E-state index in [0.29, 0.717) is 6.42 Å². The minimum Gasteiger partial charge on any atom is -0.445 e. The Bertz CT molecular complexity index is 560. The van der Waals surface area contributed by atoms with Gasteiger partial charge in [0, 0.05) is 0 Å². The zero-order valence-corrected chi connectivity index (χ0v) is 14.2. The molecule has 0 saturated carbocycles. The molecule has 0 aliphatic heterocycles. The maximum atomic E-state index is 12.3. The monoisotopic (exact) mass is 335 g/mol. The summed E-state index contributed by atoms with van der Waals surface area (Å²) in [4.78, 5) is 35.4. The van der Waals surface area contributed by atoms with Gasteiger partial charge in [-0.2, -0.15) is 0 Å². The van der Waals surface area contributed by atoms with Crippen molar-refractivity contribution >= 4 is 17.9 Å². The van der Waals surface area contributed by atoms with Crippen LogP contribution in [0.4, 0.5) is 4.79 Å². The molecule has 0 unspecified atom stereocenters. The minimum absolute atomic E-state index is 0.109. The van der Waals surface area contributed by atoms with Crippen LogP contribution in [0, 0.1) is 5.92 Å². The van der Waals surface area contributed by atoms with Crippen molar-refractivity contribution in [3.8, 4) is 0 Å². The first-order valence-electron chi connectivity index (χ1n) is 7.92.